The van der Waals surface area contributed by atoms with Gasteiger partial charge in [-0.25, -0.2) is 8.42 Å². The van der Waals surface area contributed by atoms with Crippen molar-refractivity contribution in [1.82, 2.24) is 10.3 Å². The van der Waals surface area contributed by atoms with Crippen LogP contribution in [0, 0.1) is 34.6 Å². The van der Waals surface area contributed by atoms with Gasteiger partial charge in [0.2, 0.25) is 0 Å². The minimum absolute atomic E-state index is 0.0254. The van der Waals surface area contributed by atoms with Gasteiger partial charge in [0, 0.05) is 0 Å². The largest absolute Gasteiger partial charge is 0.459 e. The van der Waals surface area contributed by atoms with Crippen LogP contribution in [0.3, 0.4) is 0 Å². The van der Waals surface area contributed by atoms with E-state index in [0.717, 1.165) is 16.7 Å². The molecule has 1 aromatic heterocycles. The zero-order chi connectivity index (χ0) is 17.4. The van der Waals surface area contributed by atoms with Crippen LogP contribution in [0.25, 0.3) is 0 Å². The number of sulfonamides is 1. The fourth-order valence-corrected chi connectivity index (χ4v) is 3.94. The molecule has 124 valence electrons. The van der Waals surface area contributed by atoms with Gasteiger partial charge in [-0.3, -0.25) is 10.2 Å². The standard InChI is InChI=1S/C16H20N2O4S/c1-9-10(2)12(4)15(13(5)11(9)3)23(20,21)18-17-16(19)14-7-6-8-22-14/h6-8,18H,1-5H3,(H,17,19). The molecule has 0 saturated heterocycles. The van der Waals surface area contributed by atoms with Crippen LogP contribution in [-0.2, 0) is 10.0 Å². The maximum Gasteiger partial charge on any atom is 0.301 e. The minimum atomic E-state index is -3.89. The van der Waals surface area contributed by atoms with Gasteiger partial charge in [-0.15, -0.1) is 4.83 Å². The molecule has 7 heteroatoms. The van der Waals surface area contributed by atoms with E-state index >= 15 is 0 Å². The predicted octanol–water partition coefficient (Wildman–Crippen LogP) is 2.45. The Kier molecular flexibility index (Phi) is 4.63. The number of hydrogen-bond acceptors (Lipinski definition) is 4. The van der Waals surface area contributed by atoms with Crippen LogP contribution in [0.2, 0.25) is 0 Å². The van der Waals surface area contributed by atoms with Crippen molar-refractivity contribution >= 4 is 15.9 Å². The summed E-state index contributed by atoms with van der Waals surface area (Å²) in [6.45, 7) is 9.26. The van der Waals surface area contributed by atoms with Crippen LogP contribution in [-0.4, -0.2) is 14.3 Å². The van der Waals surface area contributed by atoms with Gasteiger partial charge in [0.1, 0.15) is 0 Å². The molecule has 0 radical (unpaired) electrons. The lowest BCUT2D eigenvalue weighted by Crippen LogP contribution is -2.42. The lowest BCUT2D eigenvalue weighted by molar-refractivity contribution is 0.0917. The third kappa shape index (κ3) is 3.16. The van der Waals surface area contributed by atoms with E-state index in [1.54, 1.807) is 19.9 Å². The molecule has 0 atom stereocenters. The first kappa shape index (κ1) is 17.2. The van der Waals surface area contributed by atoms with Crippen LogP contribution in [0.15, 0.2) is 27.7 Å². The average Bonchev–Trinajstić information content (AvgIpc) is 3.03. The molecule has 2 N–H and O–H groups in total. The van der Waals surface area contributed by atoms with Crippen LogP contribution >= 0.6 is 0 Å². The third-order valence-electron chi connectivity index (χ3n) is 4.24. The number of hydrogen-bond donors (Lipinski definition) is 2. The van der Waals surface area contributed by atoms with E-state index in [1.807, 2.05) is 20.8 Å². The fraction of sp³-hybridized carbons (Fsp3) is 0.312. The first-order valence-electron chi connectivity index (χ1n) is 7.09. The first-order chi connectivity index (χ1) is 10.7. The lowest BCUT2D eigenvalue weighted by atomic mass is 9.95. The van der Waals surface area contributed by atoms with Gasteiger partial charge in [-0.05, 0) is 74.6 Å². The molecule has 1 aromatic carbocycles. The first-order valence-corrected chi connectivity index (χ1v) is 8.57. The zero-order valence-corrected chi connectivity index (χ0v) is 14.6. The maximum absolute atomic E-state index is 12.6. The van der Waals surface area contributed by atoms with Crippen molar-refractivity contribution in [2.75, 3.05) is 0 Å². The Morgan fingerprint density at radius 2 is 1.48 bits per heavy atom. The van der Waals surface area contributed by atoms with E-state index in [-0.39, 0.29) is 10.7 Å². The smallest absolute Gasteiger partial charge is 0.301 e. The number of amides is 1. The van der Waals surface area contributed by atoms with Crippen molar-refractivity contribution in [1.29, 1.82) is 0 Å². The Bertz CT molecular complexity index is 824. The Labute approximate surface area is 135 Å². The van der Waals surface area contributed by atoms with E-state index in [0.29, 0.717) is 11.1 Å². The average molecular weight is 336 g/mol. The summed E-state index contributed by atoms with van der Waals surface area (Å²) in [4.78, 5) is 14.1. The van der Waals surface area contributed by atoms with Gasteiger partial charge < -0.3 is 4.42 Å². The molecule has 2 rings (SSSR count). The Hall–Kier alpha value is -2.12. The number of benzene rings is 1. The Morgan fingerprint density at radius 3 is 1.96 bits per heavy atom. The Morgan fingerprint density at radius 1 is 0.957 bits per heavy atom. The number of nitrogens with one attached hydrogen (secondary N) is 2. The SMILES string of the molecule is Cc1c(C)c(C)c(S(=O)(=O)NNC(=O)c2ccco2)c(C)c1C. The van der Waals surface area contributed by atoms with Crippen molar-refractivity contribution in [3.63, 3.8) is 0 Å². The monoisotopic (exact) mass is 336 g/mol. The topological polar surface area (TPSA) is 88.4 Å². The summed E-state index contributed by atoms with van der Waals surface area (Å²) >= 11 is 0. The highest BCUT2D eigenvalue weighted by Gasteiger charge is 2.24. The van der Waals surface area contributed by atoms with Crippen molar-refractivity contribution in [3.05, 3.63) is 52.0 Å². The molecule has 0 aliphatic heterocycles. The highest BCUT2D eigenvalue weighted by atomic mass is 32.2. The van der Waals surface area contributed by atoms with E-state index in [1.165, 1.54) is 12.3 Å². The number of rotatable bonds is 4. The molecule has 0 fully saturated rings. The molecule has 0 spiro atoms. The zero-order valence-electron chi connectivity index (χ0n) is 13.8. The minimum Gasteiger partial charge on any atom is -0.459 e. The normalized spacial score (nSPS) is 11.5. The van der Waals surface area contributed by atoms with Crippen molar-refractivity contribution < 1.29 is 17.6 Å². The van der Waals surface area contributed by atoms with Gasteiger partial charge >= 0.3 is 5.91 Å². The van der Waals surface area contributed by atoms with Crippen molar-refractivity contribution in [2.24, 2.45) is 0 Å². The fourth-order valence-electron chi connectivity index (χ4n) is 2.50. The lowest BCUT2D eigenvalue weighted by Gasteiger charge is -2.19. The molecule has 23 heavy (non-hydrogen) atoms. The summed E-state index contributed by atoms with van der Waals surface area (Å²) in [5.41, 5.74) is 6.42. The molecule has 0 unspecified atom stereocenters. The molecule has 1 amide bonds. The third-order valence-corrected chi connectivity index (χ3v) is 5.76. The molecule has 0 bridgehead atoms. The molecule has 6 nitrogen and oxygen atoms in total. The quantitative estimate of drug-likeness (QED) is 0.839. The molecular weight excluding hydrogens is 316 g/mol. The maximum atomic E-state index is 12.6. The van der Waals surface area contributed by atoms with Crippen LogP contribution < -0.4 is 10.3 Å². The van der Waals surface area contributed by atoms with Crippen LogP contribution in [0.1, 0.15) is 38.4 Å². The summed E-state index contributed by atoms with van der Waals surface area (Å²) < 4.78 is 30.1. The molecule has 0 aliphatic carbocycles. The van der Waals surface area contributed by atoms with E-state index < -0.39 is 15.9 Å². The number of carbonyl (C=O) groups excluding carboxylic acids is 1. The summed E-state index contributed by atoms with van der Waals surface area (Å²) in [5, 5.41) is 0. The Balaban J connectivity index is 2.36. The van der Waals surface area contributed by atoms with Gasteiger partial charge in [-0.2, -0.15) is 0 Å². The van der Waals surface area contributed by atoms with Crippen molar-refractivity contribution in [2.45, 2.75) is 39.5 Å². The van der Waals surface area contributed by atoms with Crippen LogP contribution in [0.5, 0.6) is 0 Å². The molecule has 1 heterocycles. The van der Waals surface area contributed by atoms with Crippen LogP contribution in [0.4, 0.5) is 0 Å². The van der Waals surface area contributed by atoms with Gasteiger partial charge in [-0.1, -0.05) is 0 Å². The number of hydrazine groups is 1. The van der Waals surface area contributed by atoms with Crippen molar-refractivity contribution in [3.8, 4) is 0 Å². The summed E-state index contributed by atoms with van der Waals surface area (Å²) in [6.07, 6.45) is 1.34. The van der Waals surface area contributed by atoms with Gasteiger partial charge in [0.25, 0.3) is 10.0 Å². The number of furan rings is 1. The number of carbonyl (C=O) groups is 1. The second-order valence-corrected chi connectivity index (χ2v) is 7.11. The van der Waals surface area contributed by atoms with E-state index in [9.17, 15) is 13.2 Å². The summed E-state index contributed by atoms with van der Waals surface area (Å²) in [7, 11) is -3.89. The van der Waals surface area contributed by atoms with Gasteiger partial charge in [0.15, 0.2) is 5.76 Å². The molecule has 0 saturated carbocycles. The summed E-state index contributed by atoms with van der Waals surface area (Å²) in [5.74, 6) is -0.633. The highest BCUT2D eigenvalue weighted by Crippen LogP contribution is 2.29. The molecule has 2 aromatic rings. The van der Waals surface area contributed by atoms with Gasteiger partial charge in [0.05, 0.1) is 11.2 Å². The van der Waals surface area contributed by atoms with E-state index in [2.05, 4.69) is 10.3 Å². The highest BCUT2D eigenvalue weighted by molar-refractivity contribution is 7.89. The summed E-state index contributed by atoms with van der Waals surface area (Å²) in [6, 6.07) is 2.99. The molecule has 0 aliphatic rings. The van der Waals surface area contributed by atoms with E-state index in [4.69, 9.17) is 4.42 Å². The predicted molar refractivity (Wildman–Crippen MR) is 86.6 cm³/mol. The molecular formula is C16H20N2O4S. The second-order valence-electron chi connectivity index (χ2n) is 5.49. The second kappa shape index (κ2) is 6.17.